The van der Waals surface area contributed by atoms with Gasteiger partial charge in [0.25, 0.3) is 5.91 Å². The molecule has 1 aromatic carbocycles. The lowest BCUT2D eigenvalue weighted by Crippen LogP contribution is -2.33. The summed E-state index contributed by atoms with van der Waals surface area (Å²) < 4.78 is 0. The van der Waals surface area contributed by atoms with Crippen LogP contribution >= 0.6 is 23.4 Å². The molecule has 0 saturated carbocycles. The highest BCUT2D eigenvalue weighted by atomic mass is 35.5. The van der Waals surface area contributed by atoms with Crippen LogP contribution < -0.4 is 10.6 Å². The number of rotatable bonds is 4. The molecule has 1 aliphatic heterocycles. The molecular formula is C13H12ClN3OS. The van der Waals surface area contributed by atoms with Crippen LogP contribution in [0.4, 0.5) is 5.69 Å². The maximum Gasteiger partial charge on any atom is 0.258 e. The predicted octanol–water partition coefficient (Wildman–Crippen LogP) is 2.90. The molecule has 0 aromatic heterocycles. The number of alkyl halides is 1. The van der Waals surface area contributed by atoms with Gasteiger partial charge in [-0.2, -0.15) is 5.26 Å². The van der Waals surface area contributed by atoms with Crippen molar-refractivity contribution in [2.75, 3.05) is 16.9 Å². The van der Waals surface area contributed by atoms with Crippen LogP contribution in [0.1, 0.15) is 16.8 Å². The van der Waals surface area contributed by atoms with E-state index in [0.717, 1.165) is 12.2 Å². The van der Waals surface area contributed by atoms with Gasteiger partial charge < -0.3 is 10.6 Å². The summed E-state index contributed by atoms with van der Waals surface area (Å²) in [5, 5.41) is 14.9. The predicted molar refractivity (Wildman–Crippen MR) is 78.0 cm³/mol. The highest BCUT2D eigenvalue weighted by molar-refractivity contribution is 8.03. The molecule has 0 saturated heterocycles. The molecule has 1 heterocycles. The highest BCUT2D eigenvalue weighted by Crippen LogP contribution is 2.26. The molecule has 0 fully saturated rings. The molecule has 0 radical (unpaired) electrons. The number of thioether (sulfide) groups is 1. The largest absolute Gasteiger partial charge is 0.340 e. The Morgan fingerprint density at radius 3 is 2.89 bits per heavy atom. The standard InChI is InChI=1S/C13H12ClN3OS/c14-6-3-7-19-11(8-15)12-16-10-5-2-1-4-9(10)13(18)17-12/h1-2,4-5,16H,3,6-7H2,(H,17,18)/b12-11-. The Kier molecular flexibility index (Phi) is 4.72. The van der Waals surface area contributed by atoms with Gasteiger partial charge in [0.2, 0.25) is 0 Å². The molecule has 1 aromatic rings. The van der Waals surface area contributed by atoms with E-state index >= 15 is 0 Å². The van der Waals surface area contributed by atoms with Gasteiger partial charge in [-0.05, 0) is 24.3 Å². The number of nitrogens with zero attached hydrogens (tertiary/aromatic N) is 1. The fourth-order valence-corrected chi connectivity index (χ4v) is 2.74. The van der Waals surface area contributed by atoms with E-state index in [1.54, 1.807) is 12.1 Å². The molecule has 0 spiro atoms. The van der Waals surface area contributed by atoms with Gasteiger partial charge in [-0.3, -0.25) is 4.79 Å². The lowest BCUT2D eigenvalue weighted by molar-refractivity contribution is 0.0964. The van der Waals surface area contributed by atoms with Gasteiger partial charge in [0, 0.05) is 5.88 Å². The molecule has 0 atom stereocenters. The van der Waals surface area contributed by atoms with Gasteiger partial charge in [-0.1, -0.05) is 12.1 Å². The number of para-hydroxylation sites is 1. The summed E-state index contributed by atoms with van der Waals surface area (Å²) in [6.45, 7) is 0. The van der Waals surface area contributed by atoms with E-state index in [2.05, 4.69) is 16.7 Å². The van der Waals surface area contributed by atoms with Crippen molar-refractivity contribution in [3.05, 3.63) is 40.6 Å². The lowest BCUT2D eigenvalue weighted by Gasteiger charge is -2.22. The summed E-state index contributed by atoms with van der Waals surface area (Å²) in [6, 6.07) is 9.30. The van der Waals surface area contributed by atoms with Crippen molar-refractivity contribution in [2.24, 2.45) is 0 Å². The van der Waals surface area contributed by atoms with Crippen LogP contribution in [-0.2, 0) is 0 Å². The van der Waals surface area contributed by atoms with Crippen molar-refractivity contribution in [3.63, 3.8) is 0 Å². The first-order chi connectivity index (χ1) is 9.26. The maximum atomic E-state index is 11.9. The number of halogens is 1. The van der Waals surface area contributed by atoms with Crippen LogP contribution in [0.2, 0.25) is 0 Å². The third-order valence-electron chi connectivity index (χ3n) is 2.52. The molecule has 0 aliphatic carbocycles. The van der Waals surface area contributed by atoms with Crippen molar-refractivity contribution < 1.29 is 4.79 Å². The number of nitriles is 1. The first kappa shape index (κ1) is 13.8. The van der Waals surface area contributed by atoms with Crippen LogP contribution in [0.5, 0.6) is 0 Å². The van der Waals surface area contributed by atoms with Gasteiger partial charge in [0.1, 0.15) is 16.8 Å². The number of nitrogens with one attached hydrogen (secondary N) is 2. The third kappa shape index (κ3) is 3.22. The number of carbonyl (C=O) groups excluding carboxylic acids is 1. The van der Waals surface area contributed by atoms with Crippen molar-refractivity contribution >= 4 is 35.0 Å². The van der Waals surface area contributed by atoms with E-state index < -0.39 is 0 Å². The van der Waals surface area contributed by atoms with E-state index in [9.17, 15) is 4.79 Å². The minimum absolute atomic E-state index is 0.199. The Bertz CT molecular complexity index is 565. The maximum absolute atomic E-state index is 11.9. The fourth-order valence-electron chi connectivity index (χ4n) is 1.64. The van der Waals surface area contributed by atoms with Crippen molar-refractivity contribution in [1.82, 2.24) is 5.32 Å². The molecule has 6 heteroatoms. The Labute approximate surface area is 120 Å². The molecule has 2 N–H and O–H groups in total. The number of hydrogen-bond donors (Lipinski definition) is 2. The average molecular weight is 294 g/mol. The van der Waals surface area contributed by atoms with E-state index in [1.807, 2.05) is 12.1 Å². The summed E-state index contributed by atoms with van der Waals surface area (Å²) in [5.41, 5.74) is 1.29. The summed E-state index contributed by atoms with van der Waals surface area (Å²) in [4.78, 5) is 12.4. The summed E-state index contributed by atoms with van der Waals surface area (Å²) >= 11 is 6.99. The number of fused-ring (bicyclic) bond motifs is 1. The topological polar surface area (TPSA) is 64.9 Å². The zero-order chi connectivity index (χ0) is 13.7. The Morgan fingerprint density at radius 1 is 1.37 bits per heavy atom. The number of benzene rings is 1. The van der Waals surface area contributed by atoms with Gasteiger partial charge in [-0.25, -0.2) is 0 Å². The van der Waals surface area contributed by atoms with E-state index in [4.69, 9.17) is 16.9 Å². The molecule has 19 heavy (non-hydrogen) atoms. The Balaban J connectivity index is 2.23. The Hall–Kier alpha value is -1.64. The van der Waals surface area contributed by atoms with Crippen LogP contribution in [0.15, 0.2) is 35.0 Å². The zero-order valence-electron chi connectivity index (χ0n) is 10.1. The SMILES string of the molecule is N#C/C(SCCCCl)=C1/NC(=O)c2ccccc2N1. The van der Waals surface area contributed by atoms with Crippen molar-refractivity contribution in [2.45, 2.75) is 6.42 Å². The minimum atomic E-state index is -0.199. The van der Waals surface area contributed by atoms with Gasteiger partial charge in [0.05, 0.1) is 11.3 Å². The van der Waals surface area contributed by atoms with Crippen LogP contribution in [-0.4, -0.2) is 17.5 Å². The smallest absolute Gasteiger partial charge is 0.258 e. The third-order valence-corrected chi connectivity index (χ3v) is 3.87. The van der Waals surface area contributed by atoms with Crippen LogP contribution in [0, 0.1) is 11.3 Å². The summed E-state index contributed by atoms with van der Waals surface area (Å²) in [7, 11) is 0. The van der Waals surface area contributed by atoms with E-state index in [0.29, 0.717) is 27.9 Å². The van der Waals surface area contributed by atoms with Crippen LogP contribution in [0.25, 0.3) is 0 Å². The fraction of sp³-hybridized carbons (Fsp3) is 0.231. The molecule has 4 nitrogen and oxygen atoms in total. The van der Waals surface area contributed by atoms with E-state index in [1.165, 1.54) is 11.8 Å². The van der Waals surface area contributed by atoms with Crippen LogP contribution in [0.3, 0.4) is 0 Å². The lowest BCUT2D eigenvalue weighted by atomic mass is 10.1. The molecule has 0 unspecified atom stereocenters. The number of carbonyl (C=O) groups is 1. The molecule has 1 aliphatic rings. The van der Waals surface area contributed by atoms with Gasteiger partial charge in [-0.15, -0.1) is 23.4 Å². The molecule has 98 valence electrons. The minimum Gasteiger partial charge on any atom is -0.340 e. The first-order valence-corrected chi connectivity index (χ1v) is 7.29. The normalized spacial score (nSPS) is 15.9. The van der Waals surface area contributed by atoms with Crippen molar-refractivity contribution in [3.8, 4) is 6.07 Å². The molecular weight excluding hydrogens is 282 g/mol. The molecule has 1 amide bonds. The van der Waals surface area contributed by atoms with Gasteiger partial charge in [0.15, 0.2) is 0 Å². The Morgan fingerprint density at radius 2 is 2.16 bits per heavy atom. The molecule has 2 rings (SSSR count). The van der Waals surface area contributed by atoms with E-state index in [-0.39, 0.29) is 5.91 Å². The summed E-state index contributed by atoms with van der Waals surface area (Å²) in [5.74, 6) is 1.56. The monoisotopic (exact) mass is 293 g/mol. The number of amides is 1. The second-order valence-electron chi connectivity index (χ2n) is 3.83. The number of allylic oxidation sites excluding steroid dienone is 1. The van der Waals surface area contributed by atoms with Crippen molar-refractivity contribution in [1.29, 1.82) is 5.26 Å². The second kappa shape index (κ2) is 6.50. The van der Waals surface area contributed by atoms with Gasteiger partial charge >= 0.3 is 0 Å². The quantitative estimate of drug-likeness (QED) is 0.509. The number of anilines is 1. The summed E-state index contributed by atoms with van der Waals surface area (Å²) in [6.07, 6.45) is 0.815. The second-order valence-corrected chi connectivity index (χ2v) is 5.31. The first-order valence-electron chi connectivity index (χ1n) is 5.77. The molecule has 0 bridgehead atoms. The highest BCUT2D eigenvalue weighted by Gasteiger charge is 2.21. The number of hydrogen-bond acceptors (Lipinski definition) is 4. The average Bonchev–Trinajstić information content (AvgIpc) is 2.44. The zero-order valence-corrected chi connectivity index (χ0v) is 11.6.